The van der Waals surface area contributed by atoms with Crippen molar-refractivity contribution < 1.29 is 13.9 Å². The molecule has 0 saturated carbocycles. The van der Waals surface area contributed by atoms with E-state index in [2.05, 4.69) is 27.3 Å². The number of carbonyl (C=O) groups is 1. The summed E-state index contributed by atoms with van der Waals surface area (Å²) in [6.45, 7) is 1.86. The van der Waals surface area contributed by atoms with Crippen molar-refractivity contribution in [1.29, 1.82) is 5.26 Å². The molecular formula is C22H15BrCl2N2O3. The van der Waals surface area contributed by atoms with Gasteiger partial charge in [-0.1, -0.05) is 57.3 Å². The molecule has 3 aromatic rings. The molecule has 0 atom stereocenters. The largest absolute Gasteiger partial charge is 0.462 e. The van der Waals surface area contributed by atoms with Gasteiger partial charge in [0.1, 0.15) is 16.3 Å². The predicted molar refractivity (Wildman–Crippen MR) is 122 cm³/mol. The fourth-order valence-corrected chi connectivity index (χ4v) is 3.51. The van der Waals surface area contributed by atoms with E-state index in [9.17, 15) is 10.1 Å². The third kappa shape index (κ3) is 5.06. The second-order valence-electron chi connectivity index (χ2n) is 6.02. The number of anilines is 2. The summed E-state index contributed by atoms with van der Waals surface area (Å²) in [5.41, 5.74) is 1.62. The average molecular weight is 506 g/mol. The summed E-state index contributed by atoms with van der Waals surface area (Å²) in [5.74, 6) is -0.393. The minimum atomic E-state index is -0.642. The zero-order chi connectivity index (χ0) is 21.7. The fourth-order valence-electron chi connectivity index (χ4n) is 2.66. The second kappa shape index (κ2) is 9.86. The Labute approximate surface area is 192 Å². The Morgan fingerprint density at radius 3 is 2.70 bits per heavy atom. The highest BCUT2D eigenvalue weighted by atomic mass is 79.9. The van der Waals surface area contributed by atoms with Crippen molar-refractivity contribution in [1.82, 2.24) is 0 Å². The molecule has 0 radical (unpaired) electrons. The van der Waals surface area contributed by atoms with Gasteiger partial charge in [0.05, 0.1) is 18.2 Å². The number of nitrogens with zero attached hydrogens (tertiary/aromatic N) is 1. The summed E-state index contributed by atoms with van der Waals surface area (Å²) in [6.07, 6.45) is 1.48. The number of nitrogens with one attached hydrogen (secondary N) is 1. The standard InChI is InChI=1S/C22H15BrCl2N2O3/c1-2-29-22(28)19-20(25)18(10-14(12-26)13-5-3-6-15(23)9-13)30-21(19)27-17-8-4-7-16(24)11-17/h3-11,27H,2H2,1H3/b14-10+. The fraction of sp³-hybridized carbons (Fsp3) is 0.0909. The molecule has 8 heteroatoms. The highest BCUT2D eigenvalue weighted by molar-refractivity contribution is 9.10. The van der Waals surface area contributed by atoms with Gasteiger partial charge < -0.3 is 14.5 Å². The molecule has 0 aliphatic heterocycles. The van der Waals surface area contributed by atoms with Gasteiger partial charge in [-0.05, 0) is 42.8 Å². The maximum atomic E-state index is 12.5. The Bertz CT molecular complexity index is 1170. The third-order valence-electron chi connectivity index (χ3n) is 3.97. The number of benzene rings is 2. The number of rotatable bonds is 6. The lowest BCUT2D eigenvalue weighted by Gasteiger charge is -2.06. The zero-order valence-electron chi connectivity index (χ0n) is 15.7. The normalized spacial score (nSPS) is 11.1. The van der Waals surface area contributed by atoms with E-state index in [1.165, 1.54) is 6.08 Å². The lowest BCUT2D eigenvalue weighted by Crippen LogP contribution is -2.06. The van der Waals surface area contributed by atoms with Gasteiger partial charge >= 0.3 is 5.97 Å². The van der Waals surface area contributed by atoms with E-state index in [1.54, 1.807) is 43.3 Å². The minimum Gasteiger partial charge on any atom is -0.462 e. The SMILES string of the molecule is CCOC(=O)c1c(Nc2cccc(Cl)c2)oc(/C=C(\C#N)c2cccc(Br)c2)c1Cl. The van der Waals surface area contributed by atoms with Crippen molar-refractivity contribution >= 4 is 68.3 Å². The number of nitriles is 1. The number of allylic oxidation sites excluding steroid dienone is 1. The molecule has 0 fully saturated rings. The van der Waals surface area contributed by atoms with Crippen LogP contribution < -0.4 is 5.32 Å². The van der Waals surface area contributed by atoms with Crippen LogP contribution >= 0.6 is 39.1 Å². The van der Waals surface area contributed by atoms with Gasteiger partial charge in [-0.25, -0.2) is 4.79 Å². The zero-order valence-corrected chi connectivity index (χ0v) is 18.8. The molecule has 1 heterocycles. The van der Waals surface area contributed by atoms with E-state index in [4.69, 9.17) is 32.4 Å². The molecule has 30 heavy (non-hydrogen) atoms. The predicted octanol–water partition coefficient (Wildman–Crippen LogP) is 7.33. The summed E-state index contributed by atoms with van der Waals surface area (Å²) in [4.78, 5) is 12.5. The van der Waals surface area contributed by atoms with Crippen LogP contribution in [0.1, 0.15) is 28.6 Å². The molecule has 0 aliphatic rings. The summed E-state index contributed by atoms with van der Waals surface area (Å²) in [7, 11) is 0. The smallest absolute Gasteiger partial charge is 0.345 e. The van der Waals surface area contributed by atoms with Crippen molar-refractivity contribution in [2.45, 2.75) is 6.92 Å². The van der Waals surface area contributed by atoms with Gasteiger partial charge in [0, 0.05) is 21.3 Å². The summed E-state index contributed by atoms with van der Waals surface area (Å²) in [6, 6.07) is 16.3. The second-order valence-corrected chi connectivity index (χ2v) is 7.75. The molecule has 5 nitrogen and oxygen atoms in total. The number of hydrogen-bond donors (Lipinski definition) is 1. The molecule has 0 amide bonds. The van der Waals surface area contributed by atoms with E-state index >= 15 is 0 Å². The molecular weight excluding hydrogens is 491 g/mol. The number of halogens is 3. The Kier molecular flexibility index (Phi) is 7.22. The maximum Gasteiger partial charge on any atom is 0.345 e. The topological polar surface area (TPSA) is 75.3 Å². The summed E-state index contributed by atoms with van der Waals surface area (Å²) < 4.78 is 11.8. The molecule has 3 rings (SSSR count). The van der Waals surface area contributed by atoms with Gasteiger partial charge in [-0.2, -0.15) is 5.26 Å². The Morgan fingerprint density at radius 2 is 2.03 bits per heavy atom. The molecule has 0 saturated heterocycles. The lowest BCUT2D eigenvalue weighted by atomic mass is 10.1. The van der Waals surface area contributed by atoms with Crippen LogP contribution in [0.2, 0.25) is 10.0 Å². The molecule has 0 spiro atoms. The highest BCUT2D eigenvalue weighted by Crippen LogP contribution is 2.37. The van der Waals surface area contributed by atoms with E-state index in [-0.39, 0.29) is 28.8 Å². The quantitative estimate of drug-likeness (QED) is 0.280. The summed E-state index contributed by atoms with van der Waals surface area (Å²) >= 11 is 15.9. The summed E-state index contributed by atoms with van der Waals surface area (Å²) in [5, 5.41) is 13.2. The van der Waals surface area contributed by atoms with Crippen LogP contribution in [0.3, 0.4) is 0 Å². The van der Waals surface area contributed by atoms with Crippen LogP contribution in [-0.2, 0) is 4.74 Å². The van der Waals surface area contributed by atoms with Crippen LogP contribution in [0.25, 0.3) is 11.6 Å². The number of esters is 1. The van der Waals surface area contributed by atoms with Crippen LogP contribution in [0.4, 0.5) is 11.6 Å². The van der Waals surface area contributed by atoms with Gasteiger partial charge in [0.2, 0.25) is 5.88 Å². The number of hydrogen-bond acceptors (Lipinski definition) is 5. The van der Waals surface area contributed by atoms with E-state index in [0.29, 0.717) is 21.8 Å². The first-order valence-corrected chi connectivity index (χ1v) is 10.4. The minimum absolute atomic E-state index is 0.0382. The first kappa shape index (κ1) is 22.0. The molecule has 1 N–H and O–H groups in total. The first-order valence-electron chi connectivity index (χ1n) is 8.82. The van der Waals surface area contributed by atoms with Crippen molar-refractivity contribution in [3.63, 3.8) is 0 Å². The van der Waals surface area contributed by atoms with E-state index in [0.717, 1.165) is 4.47 Å². The van der Waals surface area contributed by atoms with Crippen LogP contribution in [-0.4, -0.2) is 12.6 Å². The molecule has 1 aromatic heterocycles. The Hall–Kier alpha value is -2.72. The van der Waals surface area contributed by atoms with Gasteiger partial charge in [0.25, 0.3) is 0 Å². The van der Waals surface area contributed by atoms with Crippen molar-refractivity contribution in [3.8, 4) is 6.07 Å². The highest BCUT2D eigenvalue weighted by Gasteiger charge is 2.26. The lowest BCUT2D eigenvalue weighted by molar-refractivity contribution is 0.0527. The van der Waals surface area contributed by atoms with E-state index in [1.807, 2.05) is 12.1 Å². The van der Waals surface area contributed by atoms with E-state index < -0.39 is 5.97 Å². The molecule has 0 aliphatic carbocycles. The Morgan fingerprint density at radius 1 is 1.27 bits per heavy atom. The monoisotopic (exact) mass is 504 g/mol. The van der Waals surface area contributed by atoms with Crippen molar-refractivity contribution in [2.75, 3.05) is 11.9 Å². The first-order chi connectivity index (χ1) is 14.4. The van der Waals surface area contributed by atoms with Gasteiger partial charge in [-0.15, -0.1) is 0 Å². The van der Waals surface area contributed by atoms with Crippen molar-refractivity contribution in [3.05, 3.63) is 79.9 Å². The third-order valence-corrected chi connectivity index (χ3v) is 5.07. The molecule has 0 bridgehead atoms. The molecule has 2 aromatic carbocycles. The molecule has 0 unspecified atom stereocenters. The van der Waals surface area contributed by atoms with Crippen molar-refractivity contribution in [2.24, 2.45) is 0 Å². The van der Waals surface area contributed by atoms with Crippen LogP contribution in [0, 0.1) is 11.3 Å². The molecule has 152 valence electrons. The average Bonchev–Trinajstić information content (AvgIpc) is 3.01. The van der Waals surface area contributed by atoms with Crippen LogP contribution in [0.15, 0.2) is 57.4 Å². The number of furan rings is 1. The van der Waals surface area contributed by atoms with Gasteiger partial charge in [0.15, 0.2) is 0 Å². The van der Waals surface area contributed by atoms with Crippen LogP contribution in [0.5, 0.6) is 0 Å². The number of ether oxygens (including phenoxy) is 1. The Balaban J connectivity index is 2.09. The van der Waals surface area contributed by atoms with Gasteiger partial charge in [-0.3, -0.25) is 0 Å². The number of carbonyl (C=O) groups excluding carboxylic acids is 1. The maximum absolute atomic E-state index is 12.5.